The molecule has 0 N–H and O–H groups in total. The second kappa shape index (κ2) is 4.16. The average molecular weight is 137 g/mol. The van der Waals surface area contributed by atoms with Gasteiger partial charge in [0, 0.05) is 12.5 Å². The molecule has 2 heteroatoms. The predicted molar refractivity (Wildman–Crippen MR) is 36.4 cm³/mol. The maximum absolute atomic E-state index is 5.67. The van der Waals surface area contributed by atoms with Crippen molar-refractivity contribution >= 4 is 11.6 Å². The molecular formula is C6H13ClO. The Kier molecular flexibility index (Phi) is 4.29. The smallest absolute Gasteiger partial charge is 0.0557 e. The van der Waals surface area contributed by atoms with E-state index in [1.54, 1.807) is 7.11 Å². The van der Waals surface area contributed by atoms with Crippen molar-refractivity contribution in [2.24, 2.45) is 0 Å². The van der Waals surface area contributed by atoms with E-state index in [9.17, 15) is 0 Å². The van der Waals surface area contributed by atoms with Crippen molar-refractivity contribution in [3.8, 4) is 0 Å². The third-order valence-corrected chi connectivity index (χ3v) is 1.24. The van der Waals surface area contributed by atoms with Gasteiger partial charge in [0.1, 0.15) is 0 Å². The van der Waals surface area contributed by atoms with Crippen LogP contribution in [0.25, 0.3) is 0 Å². The average Bonchev–Trinajstić information content (AvgIpc) is 1.65. The Labute approximate surface area is 56.0 Å². The van der Waals surface area contributed by atoms with E-state index in [-0.39, 0.29) is 5.38 Å². The molecule has 1 nitrogen and oxygen atoms in total. The van der Waals surface area contributed by atoms with E-state index in [2.05, 4.69) is 0 Å². The number of methoxy groups -OCH3 is 1. The lowest BCUT2D eigenvalue weighted by Crippen LogP contribution is -2.09. The molecule has 0 saturated heterocycles. The lowest BCUT2D eigenvalue weighted by Gasteiger charge is -2.09. The van der Waals surface area contributed by atoms with Crippen LogP contribution in [-0.4, -0.2) is 18.6 Å². The summed E-state index contributed by atoms with van der Waals surface area (Å²) in [5, 5.41) is 0.227. The van der Waals surface area contributed by atoms with E-state index < -0.39 is 0 Å². The van der Waals surface area contributed by atoms with Crippen LogP contribution >= 0.6 is 11.6 Å². The first-order valence-electron chi connectivity index (χ1n) is 2.83. The Morgan fingerprint density at radius 1 is 1.50 bits per heavy atom. The minimum absolute atomic E-state index is 0.227. The zero-order chi connectivity index (χ0) is 6.57. The maximum atomic E-state index is 5.67. The molecule has 50 valence electrons. The normalized spacial score (nSPS) is 18.0. The van der Waals surface area contributed by atoms with E-state index in [4.69, 9.17) is 16.3 Å². The van der Waals surface area contributed by atoms with Gasteiger partial charge in [-0.15, -0.1) is 11.6 Å². The van der Waals surface area contributed by atoms with Gasteiger partial charge in [0.05, 0.1) is 6.10 Å². The largest absolute Gasteiger partial charge is 0.382 e. The molecule has 0 aliphatic heterocycles. The second-order valence-corrected chi connectivity index (χ2v) is 2.81. The Morgan fingerprint density at radius 3 is 2.12 bits per heavy atom. The molecular weight excluding hydrogens is 124 g/mol. The van der Waals surface area contributed by atoms with Crippen molar-refractivity contribution in [1.29, 1.82) is 0 Å². The van der Waals surface area contributed by atoms with Gasteiger partial charge in [-0.05, 0) is 20.3 Å². The van der Waals surface area contributed by atoms with Crippen LogP contribution in [0.15, 0.2) is 0 Å². The van der Waals surface area contributed by atoms with Crippen LogP contribution in [0, 0.1) is 0 Å². The molecule has 0 rings (SSSR count). The van der Waals surface area contributed by atoms with Crippen molar-refractivity contribution in [2.75, 3.05) is 7.11 Å². The monoisotopic (exact) mass is 136 g/mol. The van der Waals surface area contributed by atoms with Gasteiger partial charge in [-0.2, -0.15) is 0 Å². The van der Waals surface area contributed by atoms with Crippen molar-refractivity contribution in [3.05, 3.63) is 0 Å². The quantitative estimate of drug-likeness (QED) is 0.540. The van der Waals surface area contributed by atoms with Crippen LogP contribution in [0.2, 0.25) is 0 Å². The molecule has 0 bridgehead atoms. The summed E-state index contributed by atoms with van der Waals surface area (Å²) in [5.41, 5.74) is 0. The molecule has 0 radical (unpaired) electrons. The van der Waals surface area contributed by atoms with Gasteiger partial charge in [0.2, 0.25) is 0 Å². The van der Waals surface area contributed by atoms with E-state index in [1.807, 2.05) is 13.8 Å². The molecule has 0 amide bonds. The molecule has 0 aromatic heterocycles. The summed E-state index contributed by atoms with van der Waals surface area (Å²) >= 11 is 5.67. The summed E-state index contributed by atoms with van der Waals surface area (Å²) in [7, 11) is 1.70. The number of hydrogen-bond acceptors (Lipinski definition) is 1. The molecule has 0 aliphatic carbocycles. The van der Waals surface area contributed by atoms with Crippen LogP contribution in [0.3, 0.4) is 0 Å². The zero-order valence-corrected chi connectivity index (χ0v) is 6.40. The molecule has 0 spiro atoms. The van der Waals surface area contributed by atoms with Crippen LogP contribution < -0.4 is 0 Å². The number of rotatable bonds is 3. The highest BCUT2D eigenvalue weighted by molar-refractivity contribution is 6.20. The molecule has 0 aromatic carbocycles. The van der Waals surface area contributed by atoms with E-state index in [0.717, 1.165) is 6.42 Å². The summed E-state index contributed by atoms with van der Waals surface area (Å²) in [5.74, 6) is 0. The molecule has 0 fully saturated rings. The van der Waals surface area contributed by atoms with Crippen LogP contribution in [0.5, 0.6) is 0 Å². The van der Waals surface area contributed by atoms with Crippen LogP contribution in [0.4, 0.5) is 0 Å². The third-order valence-electron chi connectivity index (χ3n) is 1.06. The van der Waals surface area contributed by atoms with Crippen molar-refractivity contribution in [2.45, 2.75) is 31.7 Å². The van der Waals surface area contributed by atoms with E-state index >= 15 is 0 Å². The van der Waals surface area contributed by atoms with Crippen molar-refractivity contribution in [1.82, 2.24) is 0 Å². The predicted octanol–water partition coefficient (Wildman–Crippen LogP) is 2.04. The summed E-state index contributed by atoms with van der Waals surface area (Å²) in [6.07, 6.45) is 1.22. The Hall–Kier alpha value is 0.250. The fraction of sp³-hybridized carbons (Fsp3) is 1.00. The maximum Gasteiger partial charge on any atom is 0.0557 e. The lowest BCUT2D eigenvalue weighted by molar-refractivity contribution is 0.111. The van der Waals surface area contributed by atoms with Crippen LogP contribution in [-0.2, 0) is 4.74 Å². The van der Waals surface area contributed by atoms with Gasteiger partial charge in [0.25, 0.3) is 0 Å². The molecule has 2 atom stereocenters. The van der Waals surface area contributed by atoms with Gasteiger partial charge in [-0.25, -0.2) is 0 Å². The van der Waals surface area contributed by atoms with Crippen molar-refractivity contribution < 1.29 is 4.74 Å². The second-order valence-electron chi connectivity index (χ2n) is 2.06. The van der Waals surface area contributed by atoms with Gasteiger partial charge >= 0.3 is 0 Å². The Bertz CT molecular complexity index is 54.5. The first kappa shape index (κ1) is 8.25. The Balaban J connectivity index is 3.10. The number of hydrogen-bond donors (Lipinski definition) is 0. The fourth-order valence-corrected chi connectivity index (χ4v) is 0.805. The zero-order valence-electron chi connectivity index (χ0n) is 5.65. The first-order valence-corrected chi connectivity index (χ1v) is 3.27. The molecule has 0 unspecified atom stereocenters. The van der Waals surface area contributed by atoms with Gasteiger partial charge in [-0.3, -0.25) is 0 Å². The minimum Gasteiger partial charge on any atom is -0.382 e. The highest BCUT2D eigenvalue weighted by Crippen LogP contribution is 2.05. The van der Waals surface area contributed by atoms with Crippen molar-refractivity contribution in [3.63, 3.8) is 0 Å². The van der Waals surface area contributed by atoms with Gasteiger partial charge in [-0.1, -0.05) is 0 Å². The third kappa shape index (κ3) is 4.41. The highest BCUT2D eigenvalue weighted by Gasteiger charge is 2.02. The van der Waals surface area contributed by atoms with E-state index in [1.165, 1.54) is 0 Å². The number of ether oxygens (including phenoxy) is 1. The standard InChI is InChI=1S/C6H13ClO/c1-5(7)4-6(2)8-3/h5-6H,4H2,1-3H3/t5-,6+/m0/s1. The van der Waals surface area contributed by atoms with Gasteiger partial charge < -0.3 is 4.74 Å². The van der Waals surface area contributed by atoms with Gasteiger partial charge in [0.15, 0.2) is 0 Å². The molecule has 8 heavy (non-hydrogen) atoms. The highest BCUT2D eigenvalue weighted by atomic mass is 35.5. The van der Waals surface area contributed by atoms with Crippen LogP contribution in [0.1, 0.15) is 20.3 Å². The van der Waals surface area contributed by atoms with E-state index in [0.29, 0.717) is 6.10 Å². The summed E-state index contributed by atoms with van der Waals surface area (Å²) in [4.78, 5) is 0. The lowest BCUT2D eigenvalue weighted by atomic mass is 10.2. The minimum atomic E-state index is 0.227. The molecule has 0 aromatic rings. The fourth-order valence-electron chi connectivity index (χ4n) is 0.554. The topological polar surface area (TPSA) is 9.23 Å². The summed E-state index contributed by atoms with van der Waals surface area (Å²) in [6, 6.07) is 0. The summed E-state index contributed by atoms with van der Waals surface area (Å²) < 4.78 is 4.98. The number of halogens is 1. The number of alkyl halides is 1. The molecule has 0 aliphatic rings. The molecule has 0 heterocycles. The first-order chi connectivity index (χ1) is 3.66. The SMILES string of the molecule is CO[C@H](C)C[C@H](C)Cl. The molecule has 0 saturated carbocycles. The Morgan fingerprint density at radius 2 is 2.00 bits per heavy atom. The summed E-state index contributed by atoms with van der Waals surface area (Å²) in [6.45, 7) is 3.98.